The lowest BCUT2D eigenvalue weighted by atomic mass is 9.98. The number of hydrogen-bond acceptors (Lipinski definition) is 3. The third kappa shape index (κ3) is 2.63. The average Bonchev–Trinajstić information content (AvgIpc) is 3.02. The van der Waals surface area contributed by atoms with E-state index in [1.165, 1.54) is 32.1 Å². The molecule has 3 fully saturated rings. The van der Waals surface area contributed by atoms with Crippen molar-refractivity contribution in [3.63, 3.8) is 0 Å². The van der Waals surface area contributed by atoms with Crippen LogP contribution >= 0.6 is 0 Å². The molecule has 2 bridgehead atoms. The minimum atomic E-state index is -0.196. The molecule has 1 saturated heterocycles. The standard InChI is InChI=1S/C14H23NO3/c16-14(15-6-2-1-3-7-15)18-10-17-13-9-11-4-5-12(13)8-11/h11-13H,1-10H2. The second-order valence-electron chi connectivity index (χ2n) is 5.96. The number of ether oxygens (including phenoxy) is 2. The molecule has 3 atom stereocenters. The number of likely N-dealkylation sites (tertiary alicyclic amines) is 1. The van der Waals surface area contributed by atoms with Crippen LogP contribution in [-0.2, 0) is 9.47 Å². The summed E-state index contributed by atoms with van der Waals surface area (Å²) in [5.74, 6) is 1.60. The highest BCUT2D eigenvalue weighted by Crippen LogP contribution is 2.45. The van der Waals surface area contributed by atoms with E-state index in [1.807, 2.05) is 0 Å². The molecule has 3 aliphatic rings. The van der Waals surface area contributed by atoms with Gasteiger partial charge in [-0.2, -0.15) is 0 Å². The summed E-state index contributed by atoms with van der Waals surface area (Å²) in [7, 11) is 0. The molecule has 0 spiro atoms. The van der Waals surface area contributed by atoms with Gasteiger partial charge < -0.3 is 14.4 Å². The van der Waals surface area contributed by atoms with Crippen molar-refractivity contribution in [1.29, 1.82) is 0 Å². The second kappa shape index (κ2) is 5.47. The normalized spacial score (nSPS) is 34.9. The summed E-state index contributed by atoms with van der Waals surface area (Å²) in [5, 5.41) is 0. The fraction of sp³-hybridized carbons (Fsp3) is 0.929. The van der Waals surface area contributed by atoms with Gasteiger partial charge in [-0.05, 0) is 56.8 Å². The Morgan fingerprint density at radius 3 is 2.61 bits per heavy atom. The van der Waals surface area contributed by atoms with Gasteiger partial charge in [-0.25, -0.2) is 4.79 Å². The first-order valence-corrected chi connectivity index (χ1v) is 7.36. The molecule has 1 aliphatic heterocycles. The molecular weight excluding hydrogens is 230 g/mol. The van der Waals surface area contributed by atoms with Gasteiger partial charge in [0.2, 0.25) is 0 Å². The molecule has 0 aromatic heterocycles. The molecule has 4 nitrogen and oxygen atoms in total. The van der Waals surface area contributed by atoms with Crippen LogP contribution in [0, 0.1) is 11.8 Å². The zero-order valence-corrected chi connectivity index (χ0v) is 11.0. The zero-order valence-electron chi connectivity index (χ0n) is 11.0. The Hall–Kier alpha value is -0.770. The van der Waals surface area contributed by atoms with Gasteiger partial charge in [0.05, 0.1) is 6.10 Å². The largest absolute Gasteiger partial charge is 0.422 e. The molecule has 0 radical (unpaired) electrons. The van der Waals surface area contributed by atoms with Crippen LogP contribution in [0.5, 0.6) is 0 Å². The fourth-order valence-electron chi connectivity index (χ4n) is 3.73. The van der Waals surface area contributed by atoms with Gasteiger partial charge in [0.15, 0.2) is 6.79 Å². The molecule has 18 heavy (non-hydrogen) atoms. The topological polar surface area (TPSA) is 38.8 Å². The van der Waals surface area contributed by atoms with Crippen LogP contribution in [0.4, 0.5) is 4.79 Å². The highest BCUT2D eigenvalue weighted by Gasteiger charge is 2.40. The molecule has 0 aromatic carbocycles. The average molecular weight is 253 g/mol. The van der Waals surface area contributed by atoms with E-state index in [1.54, 1.807) is 4.90 Å². The Balaban J connectivity index is 1.35. The molecule has 102 valence electrons. The van der Waals surface area contributed by atoms with Crippen LogP contribution in [0.25, 0.3) is 0 Å². The van der Waals surface area contributed by atoms with Crippen LogP contribution in [0.3, 0.4) is 0 Å². The minimum absolute atomic E-state index is 0.142. The molecule has 2 saturated carbocycles. The maximum Gasteiger partial charge on any atom is 0.411 e. The molecule has 2 aliphatic carbocycles. The van der Waals surface area contributed by atoms with Gasteiger partial charge in [-0.1, -0.05) is 0 Å². The van der Waals surface area contributed by atoms with Gasteiger partial charge in [0.25, 0.3) is 0 Å². The number of carbonyl (C=O) groups excluding carboxylic acids is 1. The van der Waals surface area contributed by atoms with Crippen molar-refractivity contribution in [3.05, 3.63) is 0 Å². The number of hydrogen-bond donors (Lipinski definition) is 0. The van der Waals surface area contributed by atoms with Crippen LogP contribution in [0.2, 0.25) is 0 Å². The van der Waals surface area contributed by atoms with Crippen molar-refractivity contribution in [3.8, 4) is 0 Å². The monoisotopic (exact) mass is 253 g/mol. The third-order valence-electron chi connectivity index (χ3n) is 4.75. The first-order valence-electron chi connectivity index (χ1n) is 7.36. The second-order valence-corrected chi connectivity index (χ2v) is 5.96. The highest BCUT2D eigenvalue weighted by atomic mass is 16.7. The van der Waals surface area contributed by atoms with E-state index in [0.717, 1.165) is 37.8 Å². The van der Waals surface area contributed by atoms with Gasteiger partial charge in [-0.15, -0.1) is 0 Å². The summed E-state index contributed by atoms with van der Waals surface area (Å²) in [4.78, 5) is 13.6. The smallest absolute Gasteiger partial charge is 0.411 e. The van der Waals surface area contributed by atoms with Crippen LogP contribution < -0.4 is 0 Å². The number of piperidine rings is 1. The fourth-order valence-corrected chi connectivity index (χ4v) is 3.73. The highest BCUT2D eigenvalue weighted by molar-refractivity contribution is 5.67. The summed E-state index contributed by atoms with van der Waals surface area (Å²) in [6, 6.07) is 0. The van der Waals surface area contributed by atoms with Gasteiger partial charge >= 0.3 is 6.09 Å². The van der Waals surface area contributed by atoms with Crippen molar-refractivity contribution >= 4 is 6.09 Å². The summed E-state index contributed by atoms with van der Waals surface area (Å²) in [5.41, 5.74) is 0. The number of nitrogens with zero attached hydrogens (tertiary/aromatic N) is 1. The predicted molar refractivity (Wildman–Crippen MR) is 67.1 cm³/mol. The molecule has 0 N–H and O–H groups in total. The lowest BCUT2D eigenvalue weighted by Crippen LogP contribution is -2.36. The van der Waals surface area contributed by atoms with Crippen LogP contribution in [0.1, 0.15) is 44.9 Å². The van der Waals surface area contributed by atoms with Crippen molar-refractivity contribution in [1.82, 2.24) is 4.90 Å². The molecule has 1 amide bonds. The Morgan fingerprint density at radius 1 is 1.11 bits per heavy atom. The maximum atomic E-state index is 11.8. The minimum Gasteiger partial charge on any atom is -0.422 e. The van der Waals surface area contributed by atoms with Crippen molar-refractivity contribution in [2.75, 3.05) is 19.9 Å². The maximum absolute atomic E-state index is 11.8. The molecule has 0 aromatic rings. The summed E-state index contributed by atoms with van der Waals surface area (Å²) < 4.78 is 10.9. The van der Waals surface area contributed by atoms with Gasteiger partial charge in [0, 0.05) is 13.1 Å². The zero-order chi connectivity index (χ0) is 12.4. The first-order chi connectivity index (χ1) is 8.83. The van der Waals surface area contributed by atoms with E-state index in [9.17, 15) is 4.79 Å². The molecule has 3 rings (SSSR count). The van der Waals surface area contributed by atoms with E-state index < -0.39 is 0 Å². The summed E-state index contributed by atoms with van der Waals surface area (Å²) in [6.07, 6.45) is 8.75. The molecular formula is C14H23NO3. The predicted octanol–water partition coefficient (Wildman–Crippen LogP) is 2.77. The molecule has 3 unspecified atom stereocenters. The number of fused-ring (bicyclic) bond motifs is 2. The lowest BCUT2D eigenvalue weighted by molar-refractivity contribution is -0.0822. The van der Waals surface area contributed by atoms with E-state index in [0.29, 0.717) is 6.10 Å². The Morgan fingerprint density at radius 2 is 1.94 bits per heavy atom. The van der Waals surface area contributed by atoms with Crippen LogP contribution in [-0.4, -0.2) is 37.0 Å². The first kappa shape index (κ1) is 12.3. The van der Waals surface area contributed by atoms with E-state index >= 15 is 0 Å². The van der Waals surface area contributed by atoms with Crippen molar-refractivity contribution in [2.24, 2.45) is 11.8 Å². The van der Waals surface area contributed by atoms with Crippen LogP contribution in [0.15, 0.2) is 0 Å². The molecule has 1 heterocycles. The summed E-state index contributed by atoms with van der Waals surface area (Å²) >= 11 is 0. The molecule has 4 heteroatoms. The Labute approximate surface area is 109 Å². The number of amides is 1. The van der Waals surface area contributed by atoms with Crippen molar-refractivity contribution in [2.45, 2.75) is 51.0 Å². The third-order valence-corrected chi connectivity index (χ3v) is 4.75. The Kier molecular flexibility index (Phi) is 3.73. The lowest BCUT2D eigenvalue weighted by Gasteiger charge is -2.27. The summed E-state index contributed by atoms with van der Waals surface area (Å²) in [6.45, 7) is 1.82. The van der Waals surface area contributed by atoms with Gasteiger partial charge in [-0.3, -0.25) is 0 Å². The number of rotatable bonds is 3. The van der Waals surface area contributed by atoms with Crippen molar-refractivity contribution < 1.29 is 14.3 Å². The van der Waals surface area contributed by atoms with E-state index in [4.69, 9.17) is 9.47 Å². The van der Waals surface area contributed by atoms with Gasteiger partial charge in [0.1, 0.15) is 0 Å². The number of carbonyl (C=O) groups is 1. The SMILES string of the molecule is O=C(OCOC1CC2CCC1C2)N1CCCCC1. The van der Waals surface area contributed by atoms with E-state index in [2.05, 4.69) is 0 Å². The quantitative estimate of drug-likeness (QED) is 0.726. The Bertz CT molecular complexity index is 301. The van der Waals surface area contributed by atoms with E-state index in [-0.39, 0.29) is 12.9 Å².